The second-order valence-electron chi connectivity index (χ2n) is 2.56. The molecule has 0 saturated carbocycles. The predicted octanol–water partition coefficient (Wildman–Crippen LogP) is -0.498. The SMILES string of the molecule is CC(O)CC#CC(O)C(C)O. The third kappa shape index (κ3) is 5.86. The lowest BCUT2D eigenvalue weighted by Gasteiger charge is -2.04. The first-order chi connectivity index (χ1) is 5.04. The topological polar surface area (TPSA) is 60.7 Å². The average molecular weight is 158 g/mol. The highest BCUT2D eigenvalue weighted by molar-refractivity contribution is 5.06. The molecule has 0 aliphatic carbocycles. The first-order valence-electron chi connectivity index (χ1n) is 3.56. The van der Waals surface area contributed by atoms with Gasteiger partial charge in [0, 0.05) is 6.42 Å². The van der Waals surface area contributed by atoms with E-state index in [1.807, 2.05) is 0 Å². The van der Waals surface area contributed by atoms with Crippen molar-refractivity contribution in [3.63, 3.8) is 0 Å². The van der Waals surface area contributed by atoms with Crippen LogP contribution in [0.25, 0.3) is 0 Å². The molecule has 0 heterocycles. The number of aliphatic hydroxyl groups excluding tert-OH is 3. The fraction of sp³-hybridized carbons (Fsp3) is 0.750. The van der Waals surface area contributed by atoms with E-state index in [1.54, 1.807) is 6.92 Å². The molecule has 0 bridgehead atoms. The van der Waals surface area contributed by atoms with Gasteiger partial charge in [0.15, 0.2) is 0 Å². The van der Waals surface area contributed by atoms with E-state index in [1.165, 1.54) is 6.92 Å². The van der Waals surface area contributed by atoms with Crippen LogP contribution in [0.2, 0.25) is 0 Å². The van der Waals surface area contributed by atoms with Gasteiger partial charge in [-0.2, -0.15) is 0 Å². The van der Waals surface area contributed by atoms with Crippen molar-refractivity contribution in [3.8, 4) is 11.8 Å². The maximum absolute atomic E-state index is 8.93. The quantitative estimate of drug-likeness (QED) is 0.475. The molecule has 3 nitrogen and oxygen atoms in total. The first-order valence-corrected chi connectivity index (χ1v) is 3.56. The molecule has 0 saturated heterocycles. The molecule has 0 aliphatic heterocycles. The van der Waals surface area contributed by atoms with E-state index >= 15 is 0 Å². The minimum atomic E-state index is -1.01. The van der Waals surface area contributed by atoms with Gasteiger partial charge >= 0.3 is 0 Å². The summed E-state index contributed by atoms with van der Waals surface area (Å²) in [6.07, 6.45) is -2.00. The van der Waals surface area contributed by atoms with E-state index in [-0.39, 0.29) is 0 Å². The van der Waals surface area contributed by atoms with Gasteiger partial charge in [0.05, 0.1) is 12.2 Å². The lowest BCUT2D eigenvalue weighted by Crippen LogP contribution is -2.20. The molecule has 11 heavy (non-hydrogen) atoms. The molecule has 0 spiro atoms. The third-order valence-corrected chi connectivity index (χ3v) is 1.10. The zero-order valence-corrected chi connectivity index (χ0v) is 6.78. The van der Waals surface area contributed by atoms with Gasteiger partial charge in [0.25, 0.3) is 0 Å². The van der Waals surface area contributed by atoms with Crippen molar-refractivity contribution in [2.75, 3.05) is 0 Å². The van der Waals surface area contributed by atoms with Crippen LogP contribution in [0.1, 0.15) is 20.3 Å². The normalized spacial score (nSPS) is 17.9. The van der Waals surface area contributed by atoms with Crippen molar-refractivity contribution in [2.45, 2.75) is 38.6 Å². The maximum Gasteiger partial charge on any atom is 0.140 e. The van der Waals surface area contributed by atoms with E-state index in [9.17, 15) is 0 Å². The smallest absolute Gasteiger partial charge is 0.140 e. The second-order valence-corrected chi connectivity index (χ2v) is 2.56. The Morgan fingerprint density at radius 1 is 1.18 bits per heavy atom. The summed E-state index contributed by atoms with van der Waals surface area (Å²) in [5.41, 5.74) is 0. The van der Waals surface area contributed by atoms with E-state index in [4.69, 9.17) is 15.3 Å². The Morgan fingerprint density at radius 2 is 1.73 bits per heavy atom. The van der Waals surface area contributed by atoms with Gasteiger partial charge in [-0.1, -0.05) is 11.8 Å². The molecule has 0 aliphatic rings. The monoisotopic (exact) mass is 158 g/mol. The summed E-state index contributed by atoms with van der Waals surface area (Å²) in [5.74, 6) is 4.96. The number of hydrogen-bond acceptors (Lipinski definition) is 3. The van der Waals surface area contributed by atoms with Crippen LogP contribution in [-0.4, -0.2) is 33.6 Å². The second kappa shape index (κ2) is 5.14. The Morgan fingerprint density at radius 3 is 2.09 bits per heavy atom. The van der Waals surface area contributed by atoms with Crippen molar-refractivity contribution in [1.29, 1.82) is 0 Å². The Labute approximate surface area is 66.7 Å². The summed E-state index contributed by atoms with van der Waals surface area (Å²) in [5, 5.41) is 26.5. The molecule has 0 amide bonds. The minimum Gasteiger partial charge on any atom is -0.392 e. The Hall–Kier alpha value is -0.560. The van der Waals surface area contributed by atoms with E-state index < -0.39 is 18.3 Å². The zero-order valence-electron chi connectivity index (χ0n) is 6.78. The molecule has 0 fully saturated rings. The van der Waals surface area contributed by atoms with Crippen LogP contribution < -0.4 is 0 Å². The van der Waals surface area contributed by atoms with Crippen molar-refractivity contribution < 1.29 is 15.3 Å². The number of hydrogen-bond donors (Lipinski definition) is 3. The predicted molar refractivity (Wildman–Crippen MR) is 41.8 cm³/mol. The number of rotatable bonds is 2. The Kier molecular flexibility index (Phi) is 4.88. The molecule has 0 aromatic rings. The lowest BCUT2D eigenvalue weighted by atomic mass is 10.2. The molecule has 0 aromatic heterocycles. The van der Waals surface area contributed by atoms with Crippen molar-refractivity contribution >= 4 is 0 Å². The summed E-state index contributed by atoms with van der Waals surface area (Å²) in [6, 6.07) is 0. The molecule has 0 radical (unpaired) electrons. The maximum atomic E-state index is 8.93. The van der Waals surface area contributed by atoms with Gasteiger partial charge in [0.1, 0.15) is 6.10 Å². The van der Waals surface area contributed by atoms with Crippen LogP contribution >= 0.6 is 0 Å². The van der Waals surface area contributed by atoms with E-state index in [0.717, 1.165) is 0 Å². The molecular weight excluding hydrogens is 144 g/mol. The van der Waals surface area contributed by atoms with Crippen molar-refractivity contribution in [3.05, 3.63) is 0 Å². The van der Waals surface area contributed by atoms with Crippen LogP contribution in [-0.2, 0) is 0 Å². The standard InChI is InChI=1S/C8H14O3/c1-6(9)4-3-5-8(11)7(2)10/h6-11H,4H2,1-2H3. The van der Waals surface area contributed by atoms with Crippen LogP contribution in [0.4, 0.5) is 0 Å². The van der Waals surface area contributed by atoms with E-state index in [0.29, 0.717) is 6.42 Å². The Bertz CT molecular complexity index is 152. The van der Waals surface area contributed by atoms with Crippen LogP contribution in [0.3, 0.4) is 0 Å². The zero-order chi connectivity index (χ0) is 8.85. The fourth-order valence-corrected chi connectivity index (χ4v) is 0.432. The van der Waals surface area contributed by atoms with Gasteiger partial charge in [-0.25, -0.2) is 0 Å². The Balaban J connectivity index is 3.69. The lowest BCUT2D eigenvalue weighted by molar-refractivity contribution is 0.0676. The summed E-state index contributed by atoms with van der Waals surface area (Å²) >= 11 is 0. The van der Waals surface area contributed by atoms with Crippen LogP contribution in [0.5, 0.6) is 0 Å². The van der Waals surface area contributed by atoms with Gasteiger partial charge in [-0.3, -0.25) is 0 Å². The fourth-order valence-electron chi connectivity index (χ4n) is 0.432. The molecule has 3 heteroatoms. The minimum absolute atomic E-state index is 0.323. The highest BCUT2D eigenvalue weighted by Crippen LogP contribution is 1.90. The first kappa shape index (κ1) is 10.4. The van der Waals surface area contributed by atoms with Crippen LogP contribution in [0.15, 0.2) is 0 Å². The summed E-state index contributed by atoms with van der Waals surface area (Å²) in [7, 11) is 0. The van der Waals surface area contributed by atoms with Gasteiger partial charge in [-0.05, 0) is 13.8 Å². The summed E-state index contributed by atoms with van der Waals surface area (Å²) < 4.78 is 0. The van der Waals surface area contributed by atoms with Gasteiger partial charge < -0.3 is 15.3 Å². The highest BCUT2D eigenvalue weighted by atomic mass is 16.3. The van der Waals surface area contributed by atoms with Gasteiger partial charge in [0.2, 0.25) is 0 Å². The van der Waals surface area contributed by atoms with Crippen molar-refractivity contribution in [2.24, 2.45) is 0 Å². The molecule has 0 aromatic carbocycles. The summed E-state index contributed by atoms with van der Waals surface area (Å²) in [6.45, 7) is 3.07. The van der Waals surface area contributed by atoms with Gasteiger partial charge in [-0.15, -0.1) is 0 Å². The third-order valence-electron chi connectivity index (χ3n) is 1.10. The molecule has 64 valence electrons. The molecule has 3 N–H and O–H groups in total. The highest BCUT2D eigenvalue weighted by Gasteiger charge is 2.05. The molecule has 3 atom stereocenters. The molecular formula is C8H14O3. The average Bonchev–Trinajstić information content (AvgIpc) is 1.86. The largest absolute Gasteiger partial charge is 0.392 e. The number of aliphatic hydroxyl groups is 3. The van der Waals surface area contributed by atoms with Crippen molar-refractivity contribution in [1.82, 2.24) is 0 Å². The van der Waals surface area contributed by atoms with Crippen LogP contribution in [0, 0.1) is 11.8 Å². The molecule has 0 rings (SSSR count). The van der Waals surface area contributed by atoms with E-state index in [2.05, 4.69) is 11.8 Å². The molecule has 3 unspecified atom stereocenters. The summed E-state index contributed by atoms with van der Waals surface area (Å²) in [4.78, 5) is 0.